The van der Waals surface area contributed by atoms with E-state index in [2.05, 4.69) is 40.4 Å². The van der Waals surface area contributed by atoms with Crippen molar-refractivity contribution in [3.63, 3.8) is 0 Å². The molecule has 1 amide bonds. The summed E-state index contributed by atoms with van der Waals surface area (Å²) in [6.07, 6.45) is 16.4. The minimum absolute atomic E-state index is 0. The Morgan fingerprint density at radius 3 is 2.62 bits per heavy atom. The number of unbranched alkanes of at least 4 members (excludes halogenated alkanes) is 1. The molecule has 4 rings (SSSR count). The summed E-state index contributed by atoms with van der Waals surface area (Å²) in [6, 6.07) is 16.3. The molecule has 2 aromatic rings. The summed E-state index contributed by atoms with van der Waals surface area (Å²) in [5, 5.41) is 14.5. The number of carbonyl (C=O) groups is 2. The number of nitrogens with zero attached hydrogens (tertiary/aromatic N) is 3. The Morgan fingerprint density at radius 2 is 1.90 bits per heavy atom. The smallest absolute Gasteiger partial charge is 0.625 e. The molecule has 1 aliphatic carbocycles. The number of carbonyl (C=O) groups excluding carboxylic acids is 1. The van der Waals surface area contributed by atoms with Gasteiger partial charge in [-0.25, -0.2) is 4.79 Å². The standard InChI is InChI=1S/C32H35N3O3.Ni/c1-2-3-6-20-28(32(37)38)33-30(25-16-9-5-10-17-25)26-18-11-12-19-27(26)34-31(36)29-21-13-22-35(29)23-24-14-7-4-8-15-24;/h1,4,7-9,11-12,14-19,28-29H,3,5-6,10,13,20-23H2,(H2,33,34,36,37,38);/q;+2/p-1/t28-,29+;/m1./s1. The van der Waals surface area contributed by atoms with E-state index in [0.717, 1.165) is 37.8 Å². The summed E-state index contributed by atoms with van der Waals surface area (Å²) >= 11 is 0. The minimum atomic E-state index is -0.993. The van der Waals surface area contributed by atoms with E-state index in [-0.39, 0.29) is 28.4 Å². The first kappa shape index (κ1) is 30.1. The maximum atomic E-state index is 13.5. The van der Waals surface area contributed by atoms with Crippen molar-refractivity contribution in [2.45, 2.75) is 63.6 Å². The predicted octanol–water partition coefficient (Wildman–Crippen LogP) is 6.20. The summed E-state index contributed by atoms with van der Waals surface area (Å²) in [6.45, 7) is 1.56. The third-order valence-electron chi connectivity index (χ3n) is 6.90. The molecule has 1 heterocycles. The topological polar surface area (TPSA) is 84.1 Å². The quantitative estimate of drug-likeness (QED) is 0.152. The Labute approximate surface area is 241 Å². The zero-order valence-electron chi connectivity index (χ0n) is 21.9. The van der Waals surface area contributed by atoms with Crippen LogP contribution in [-0.2, 0) is 32.6 Å². The number of hydrogen-bond acceptors (Lipinski definition) is 4. The molecule has 2 aromatic carbocycles. The average molecular weight is 567 g/mol. The van der Waals surface area contributed by atoms with E-state index in [0.29, 0.717) is 42.8 Å². The number of carboxylic acids is 1. The van der Waals surface area contributed by atoms with Gasteiger partial charge in [0.15, 0.2) is 0 Å². The number of benzene rings is 2. The fraction of sp³-hybridized carbons (Fsp3) is 0.344. The normalized spacial score (nSPS) is 18.0. The van der Waals surface area contributed by atoms with Crippen molar-refractivity contribution >= 4 is 23.3 Å². The van der Waals surface area contributed by atoms with Crippen LogP contribution in [-0.4, -0.2) is 46.2 Å². The summed E-state index contributed by atoms with van der Waals surface area (Å²) in [5.74, 6) is 1.39. The van der Waals surface area contributed by atoms with E-state index < -0.39 is 12.0 Å². The first-order valence-corrected chi connectivity index (χ1v) is 13.3. The number of carboxylic acid groups (broad SMARTS) is 1. The van der Waals surface area contributed by atoms with Crippen molar-refractivity contribution in [2.75, 3.05) is 6.54 Å². The van der Waals surface area contributed by atoms with Crippen LogP contribution in [0.4, 0.5) is 5.69 Å². The van der Waals surface area contributed by atoms with Crippen LogP contribution in [0.25, 0.3) is 5.32 Å². The zero-order valence-corrected chi connectivity index (χ0v) is 22.9. The van der Waals surface area contributed by atoms with E-state index in [4.69, 9.17) is 11.4 Å². The number of rotatable bonds is 11. The van der Waals surface area contributed by atoms with Crippen molar-refractivity contribution in [3.8, 4) is 12.3 Å². The molecule has 0 bridgehead atoms. The molecule has 6 nitrogen and oxygen atoms in total. The van der Waals surface area contributed by atoms with Crippen LogP contribution in [0.2, 0.25) is 0 Å². The van der Waals surface area contributed by atoms with Gasteiger partial charge < -0.3 is 15.2 Å². The summed E-state index contributed by atoms with van der Waals surface area (Å²) in [4.78, 5) is 32.5. The summed E-state index contributed by atoms with van der Waals surface area (Å²) in [7, 11) is 0. The second-order valence-corrected chi connectivity index (χ2v) is 9.65. The molecule has 7 heteroatoms. The third-order valence-corrected chi connectivity index (χ3v) is 6.90. The van der Waals surface area contributed by atoms with Crippen molar-refractivity contribution in [2.24, 2.45) is 4.99 Å². The molecule has 0 radical (unpaired) electrons. The Balaban J connectivity index is 0.00000420. The molecule has 0 saturated carbocycles. The molecule has 39 heavy (non-hydrogen) atoms. The second-order valence-electron chi connectivity index (χ2n) is 9.65. The molecule has 1 N–H and O–H groups in total. The van der Waals surface area contributed by atoms with Crippen LogP contribution in [0.3, 0.4) is 0 Å². The molecule has 2 aliphatic rings. The molecule has 0 aromatic heterocycles. The van der Waals surface area contributed by atoms with E-state index in [1.54, 1.807) is 6.07 Å². The predicted molar refractivity (Wildman–Crippen MR) is 151 cm³/mol. The Bertz CT molecular complexity index is 1260. The van der Waals surface area contributed by atoms with Crippen LogP contribution < -0.4 is 0 Å². The van der Waals surface area contributed by atoms with Crippen molar-refractivity contribution in [1.29, 1.82) is 0 Å². The Morgan fingerprint density at radius 1 is 1.13 bits per heavy atom. The van der Waals surface area contributed by atoms with Gasteiger partial charge in [0.05, 0.1) is 17.7 Å². The molecule has 0 unspecified atom stereocenters. The van der Waals surface area contributed by atoms with Gasteiger partial charge in [-0.05, 0) is 61.8 Å². The fourth-order valence-corrected chi connectivity index (χ4v) is 4.96. The van der Waals surface area contributed by atoms with Crippen LogP contribution in [0.1, 0.15) is 56.1 Å². The molecule has 204 valence electrons. The number of aliphatic imine (C=N–C) groups is 1. The Kier molecular flexibility index (Phi) is 11.7. The number of aliphatic carboxylic acids is 1. The average Bonchev–Trinajstić information content (AvgIpc) is 3.40. The number of hydrogen-bond donors (Lipinski definition) is 1. The number of amides is 1. The number of para-hydroxylation sites is 1. The van der Waals surface area contributed by atoms with Crippen LogP contribution in [0.15, 0.2) is 83.4 Å². The van der Waals surface area contributed by atoms with Crippen molar-refractivity contribution in [1.82, 2.24) is 4.90 Å². The van der Waals surface area contributed by atoms with Gasteiger partial charge in [0.2, 0.25) is 0 Å². The molecular weight excluding hydrogens is 533 g/mol. The first-order chi connectivity index (χ1) is 18.6. The van der Waals surface area contributed by atoms with E-state index >= 15 is 0 Å². The number of likely N-dealkylation sites (tertiary alicyclic amines) is 1. The van der Waals surface area contributed by atoms with E-state index in [9.17, 15) is 14.7 Å². The first-order valence-electron chi connectivity index (χ1n) is 13.3. The van der Waals surface area contributed by atoms with Gasteiger partial charge >= 0.3 is 22.5 Å². The van der Waals surface area contributed by atoms with Gasteiger partial charge in [-0.2, -0.15) is 0 Å². The number of terminal acetylenes is 1. The monoisotopic (exact) mass is 566 g/mol. The van der Waals surface area contributed by atoms with Gasteiger partial charge in [0, 0.05) is 13.0 Å². The molecular formula is C32H34N3NiO3+. The maximum Gasteiger partial charge on any atom is 2.00 e. The summed E-state index contributed by atoms with van der Waals surface area (Å²) in [5.41, 5.74) is 3.74. The van der Waals surface area contributed by atoms with Crippen molar-refractivity contribution < 1.29 is 31.2 Å². The minimum Gasteiger partial charge on any atom is -0.625 e. The fourth-order valence-electron chi connectivity index (χ4n) is 4.96. The maximum absolute atomic E-state index is 13.5. The molecule has 2 atom stereocenters. The third kappa shape index (κ3) is 8.26. The second kappa shape index (κ2) is 15.2. The van der Waals surface area contributed by atoms with Gasteiger partial charge in [0.1, 0.15) is 6.04 Å². The van der Waals surface area contributed by atoms with Gasteiger partial charge in [-0.15, -0.1) is 18.0 Å². The van der Waals surface area contributed by atoms with Crippen LogP contribution in [0.5, 0.6) is 0 Å². The molecule has 1 fully saturated rings. The summed E-state index contributed by atoms with van der Waals surface area (Å²) < 4.78 is 0. The zero-order chi connectivity index (χ0) is 26.7. The van der Waals surface area contributed by atoms with Gasteiger partial charge in [-0.3, -0.25) is 9.89 Å². The Hall–Kier alpha value is -3.46. The van der Waals surface area contributed by atoms with E-state index in [1.807, 2.05) is 42.5 Å². The SMILES string of the molecule is C#CCCC[C@@H](N=C(C1=CCCC=C1)c1ccccc1[N-]C(=O)[C@@H]1CCCN1Cc1ccccc1)C(=O)O.[Ni+2]. The van der Waals surface area contributed by atoms with Crippen LogP contribution in [0, 0.1) is 12.3 Å². The van der Waals surface area contributed by atoms with Gasteiger partial charge in [-0.1, -0.05) is 72.8 Å². The van der Waals surface area contributed by atoms with Crippen LogP contribution >= 0.6 is 0 Å². The number of allylic oxidation sites excluding steroid dienone is 4. The van der Waals surface area contributed by atoms with Crippen molar-refractivity contribution in [3.05, 3.63) is 94.8 Å². The largest absolute Gasteiger partial charge is 2.00 e. The van der Waals surface area contributed by atoms with E-state index in [1.165, 1.54) is 5.56 Å². The molecule has 1 aliphatic heterocycles. The molecule has 0 spiro atoms. The van der Waals surface area contributed by atoms with Gasteiger partial charge in [0.25, 0.3) is 0 Å². The molecule has 1 saturated heterocycles.